The molecule has 0 bridgehead atoms. The maximum atomic E-state index is 4.79. The van der Waals surface area contributed by atoms with E-state index >= 15 is 0 Å². The number of aryl methyl sites for hydroxylation is 1. The molecule has 0 amide bonds. The van der Waals surface area contributed by atoms with E-state index in [9.17, 15) is 0 Å². The van der Waals surface area contributed by atoms with Crippen molar-refractivity contribution in [3.63, 3.8) is 0 Å². The van der Waals surface area contributed by atoms with Crippen LogP contribution in [0.1, 0.15) is 36.9 Å². The van der Waals surface area contributed by atoms with E-state index in [0.29, 0.717) is 6.04 Å². The molecule has 1 aromatic rings. The number of nitrogens with one attached hydrogen (secondary N) is 2. The van der Waals surface area contributed by atoms with E-state index in [1.54, 1.807) is 0 Å². The number of halogens is 2. The molecule has 2 fully saturated rings. The molecule has 7 heteroatoms. The van der Waals surface area contributed by atoms with Gasteiger partial charge < -0.3 is 15.5 Å². The van der Waals surface area contributed by atoms with Crippen molar-refractivity contribution >= 4 is 36.6 Å². The highest BCUT2D eigenvalue weighted by atomic mass is 35.5. The van der Waals surface area contributed by atoms with Crippen LogP contribution < -0.4 is 15.5 Å². The Labute approximate surface area is 145 Å². The number of piperidine rings is 1. The van der Waals surface area contributed by atoms with E-state index in [0.717, 1.165) is 43.6 Å². The topological polar surface area (TPSA) is 53.1 Å². The van der Waals surface area contributed by atoms with Crippen LogP contribution in [0.5, 0.6) is 0 Å². The number of aromatic nitrogens is 2. The van der Waals surface area contributed by atoms with Gasteiger partial charge in [0, 0.05) is 36.9 Å². The fourth-order valence-corrected chi connectivity index (χ4v) is 2.98. The van der Waals surface area contributed by atoms with Gasteiger partial charge in [-0.1, -0.05) is 0 Å². The minimum atomic E-state index is 0. The van der Waals surface area contributed by atoms with Crippen LogP contribution >= 0.6 is 24.8 Å². The van der Waals surface area contributed by atoms with Gasteiger partial charge >= 0.3 is 0 Å². The minimum Gasteiger partial charge on any atom is -0.366 e. The number of hydrogen-bond acceptors (Lipinski definition) is 5. The maximum Gasteiger partial charge on any atom is 0.227 e. The molecular weight excluding hydrogens is 321 g/mol. The van der Waals surface area contributed by atoms with Gasteiger partial charge in [-0.2, -0.15) is 4.98 Å². The second-order valence-electron chi connectivity index (χ2n) is 5.96. The molecule has 0 spiro atoms. The van der Waals surface area contributed by atoms with Crippen LogP contribution in [0.2, 0.25) is 0 Å². The summed E-state index contributed by atoms with van der Waals surface area (Å²) in [6, 6.07) is 0.489. The van der Waals surface area contributed by atoms with Gasteiger partial charge in [0.25, 0.3) is 0 Å². The van der Waals surface area contributed by atoms with E-state index in [-0.39, 0.29) is 24.8 Å². The summed E-state index contributed by atoms with van der Waals surface area (Å²) in [5, 5.41) is 7.06. The first-order valence-corrected chi connectivity index (χ1v) is 7.81. The monoisotopic (exact) mass is 347 g/mol. The van der Waals surface area contributed by atoms with Crippen molar-refractivity contribution in [2.75, 3.05) is 36.4 Å². The highest BCUT2D eigenvalue weighted by molar-refractivity contribution is 5.85. The number of anilines is 2. The van der Waals surface area contributed by atoms with Crippen LogP contribution in [-0.4, -0.2) is 42.2 Å². The predicted octanol–water partition coefficient (Wildman–Crippen LogP) is 2.70. The van der Waals surface area contributed by atoms with Crippen molar-refractivity contribution < 1.29 is 0 Å². The average Bonchev–Trinajstić information content (AvgIpc) is 2.99. The smallest absolute Gasteiger partial charge is 0.227 e. The third kappa shape index (κ3) is 4.37. The molecule has 2 aliphatic rings. The lowest BCUT2D eigenvalue weighted by Gasteiger charge is -2.26. The molecule has 2 saturated heterocycles. The molecule has 1 aromatic heterocycles. The van der Waals surface area contributed by atoms with Gasteiger partial charge in [-0.15, -0.1) is 24.8 Å². The Morgan fingerprint density at radius 3 is 2.45 bits per heavy atom. The van der Waals surface area contributed by atoms with E-state index in [2.05, 4.69) is 34.4 Å². The standard InChI is InChI=1S/C15H25N5.2ClH/c1-11-12(2)17-15(20-8-3-4-9-20)19-14(11)18-13-6-5-7-16-10-13;;/h13,16H,3-10H2,1-2H3,(H,17,18,19);2*1H/t13-;;/m0../s1. The van der Waals surface area contributed by atoms with Crippen LogP contribution in [0, 0.1) is 13.8 Å². The first-order valence-electron chi connectivity index (χ1n) is 7.81. The third-order valence-electron chi connectivity index (χ3n) is 4.40. The normalized spacial score (nSPS) is 21.0. The summed E-state index contributed by atoms with van der Waals surface area (Å²) >= 11 is 0. The molecule has 0 unspecified atom stereocenters. The lowest BCUT2D eigenvalue weighted by atomic mass is 10.1. The van der Waals surface area contributed by atoms with Crippen LogP contribution in [0.25, 0.3) is 0 Å². The number of nitrogens with zero attached hydrogens (tertiary/aromatic N) is 3. The quantitative estimate of drug-likeness (QED) is 0.880. The summed E-state index contributed by atoms with van der Waals surface area (Å²) in [7, 11) is 0. The molecule has 22 heavy (non-hydrogen) atoms. The molecular formula is C15H27Cl2N5. The highest BCUT2D eigenvalue weighted by Crippen LogP contribution is 2.23. The molecule has 0 radical (unpaired) electrons. The Balaban J connectivity index is 0.00000121. The summed E-state index contributed by atoms with van der Waals surface area (Å²) in [4.78, 5) is 11.8. The Morgan fingerprint density at radius 1 is 1.09 bits per heavy atom. The molecule has 1 atom stereocenters. The van der Waals surface area contributed by atoms with Gasteiger partial charge in [-0.3, -0.25) is 0 Å². The fourth-order valence-electron chi connectivity index (χ4n) is 2.98. The average molecular weight is 348 g/mol. The molecule has 0 saturated carbocycles. The molecule has 2 aliphatic heterocycles. The molecule has 3 rings (SSSR count). The fraction of sp³-hybridized carbons (Fsp3) is 0.733. The summed E-state index contributed by atoms with van der Waals surface area (Å²) in [5.74, 6) is 1.92. The first kappa shape index (κ1) is 19.3. The largest absolute Gasteiger partial charge is 0.366 e. The van der Waals surface area contributed by atoms with E-state index in [1.807, 2.05) is 0 Å². The number of hydrogen-bond donors (Lipinski definition) is 2. The Hall–Kier alpha value is -0.780. The second-order valence-corrected chi connectivity index (χ2v) is 5.96. The van der Waals surface area contributed by atoms with Crippen molar-refractivity contribution in [2.45, 2.75) is 45.6 Å². The summed E-state index contributed by atoms with van der Waals surface area (Å²) in [6.45, 7) is 8.54. The Morgan fingerprint density at radius 2 is 1.82 bits per heavy atom. The molecule has 126 valence electrons. The van der Waals surface area contributed by atoms with Crippen molar-refractivity contribution in [1.82, 2.24) is 15.3 Å². The van der Waals surface area contributed by atoms with Gasteiger partial charge in [0.2, 0.25) is 5.95 Å². The summed E-state index contributed by atoms with van der Waals surface area (Å²) < 4.78 is 0. The minimum absolute atomic E-state index is 0. The molecule has 2 N–H and O–H groups in total. The van der Waals surface area contributed by atoms with Gasteiger partial charge in [0.15, 0.2) is 0 Å². The maximum absolute atomic E-state index is 4.79. The van der Waals surface area contributed by atoms with Crippen LogP contribution in [-0.2, 0) is 0 Å². The van der Waals surface area contributed by atoms with Gasteiger partial charge in [-0.25, -0.2) is 4.98 Å². The zero-order chi connectivity index (χ0) is 13.9. The second kappa shape index (κ2) is 8.75. The molecule has 5 nitrogen and oxygen atoms in total. The molecule has 0 aliphatic carbocycles. The SMILES string of the molecule is Cc1nc(N2CCCC2)nc(N[C@H]2CCCNC2)c1C.Cl.Cl. The Bertz CT molecular complexity index is 471. The van der Waals surface area contributed by atoms with Gasteiger partial charge in [0.05, 0.1) is 0 Å². The van der Waals surface area contributed by atoms with Crippen molar-refractivity contribution in [2.24, 2.45) is 0 Å². The van der Waals surface area contributed by atoms with Crippen LogP contribution in [0.4, 0.5) is 11.8 Å². The molecule has 3 heterocycles. The first-order chi connectivity index (χ1) is 9.74. The van der Waals surface area contributed by atoms with Crippen LogP contribution in [0.15, 0.2) is 0 Å². The zero-order valence-corrected chi connectivity index (χ0v) is 15.0. The highest BCUT2D eigenvalue weighted by Gasteiger charge is 2.19. The number of rotatable bonds is 3. The van der Waals surface area contributed by atoms with E-state index in [1.165, 1.54) is 31.2 Å². The van der Waals surface area contributed by atoms with Crippen molar-refractivity contribution in [3.8, 4) is 0 Å². The summed E-state index contributed by atoms with van der Waals surface area (Å²) in [6.07, 6.45) is 4.96. The van der Waals surface area contributed by atoms with E-state index < -0.39 is 0 Å². The molecule has 0 aromatic carbocycles. The lowest BCUT2D eigenvalue weighted by molar-refractivity contribution is 0.478. The Kier molecular flexibility index (Phi) is 7.66. The van der Waals surface area contributed by atoms with Gasteiger partial charge in [0.1, 0.15) is 5.82 Å². The van der Waals surface area contributed by atoms with Crippen molar-refractivity contribution in [3.05, 3.63) is 11.3 Å². The zero-order valence-electron chi connectivity index (χ0n) is 13.4. The predicted molar refractivity (Wildman–Crippen MR) is 97.0 cm³/mol. The van der Waals surface area contributed by atoms with Crippen LogP contribution in [0.3, 0.4) is 0 Å². The lowest BCUT2D eigenvalue weighted by Crippen LogP contribution is -2.39. The summed E-state index contributed by atoms with van der Waals surface area (Å²) in [5.41, 5.74) is 2.27. The van der Waals surface area contributed by atoms with E-state index in [4.69, 9.17) is 4.98 Å². The van der Waals surface area contributed by atoms with Crippen molar-refractivity contribution in [1.29, 1.82) is 0 Å². The third-order valence-corrected chi connectivity index (χ3v) is 4.40. The van der Waals surface area contributed by atoms with Gasteiger partial charge in [-0.05, 0) is 46.1 Å².